The van der Waals surface area contributed by atoms with Crippen molar-refractivity contribution in [3.63, 3.8) is 0 Å². The van der Waals surface area contributed by atoms with Crippen molar-refractivity contribution < 1.29 is 14.6 Å². The molecule has 1 heterocycles. The van der Waals surface area contributed by atoms with Gasteiger partial charge in [0.05, 0.1) is 5.54 Å². The van der Waals surface area contributed by atoms with Gasteiger partial charge in [0.25, 0.3) is 0 Å². The van der Waals surface area contributed by atoms with Crippen LogP contribution in [-0.2, 0) is 17.6 Å². The monoisotopic (exact) mass is 301 g/mol. The highest BCUT2D eigenvalue weighted by molar-refractivity contribution is 5.70. The summed E-state index contributed by atoms with van der Waals surface area (Å²) in [5.41, 5.74) is 4.13. The molecule has 1 saturated heterocycles. The molecular formula is C18H23NO3. The van der Waals surface area contributed by atoms with Gasteiger partial charge in [-0.1, -0.05) is 18.2 Å². The van der Waals surface area contributed by atoms with E-state index in [0.29, 0.717) is 25.0 Å². The number of ether oxygens (including phenoxy) is 1. The molecule has 22 heavy (non-hydrogen) atoms. The summed E-state index contributed by atoms with van der Waals surface area (Å²) in [6, 6.07) is 6.87. The Labute approximate surface area is 130 Å². The number of rotatable bonds is 2. The van der Waals surface area contributed by atoms with Crippen LogP contribution in [0.3, 0.4) is 0 Å². The van der Waals surface area contributed by atoms with Crippen LogP contribution < -0.4 is 5.32 Å². The maximum absolute atomic E-state index is 11.3. The Balaban J connectivity index is 1.51. The highest BCUT2D eigenvalue weighted by Crippen LogP contribution is 2.43. The molecule has 2 N–H and O–H groups in total. The van der Waals surface area contributed by atoms with E-state index >= 15 is 0 Å². The second-order valence-electron chi connectivity index (χ2n) is 7.24. The zero-order valence-corrected chi connectivity index (χ0v) is 12.8. The number of benzene rings is 1. The number of hydrogen-bond donors (Lipinski definition) is 2. The van der Waals surface area contributed by atoms with Gasteiger partial charge in [-0.15, -0.1) is 0 Å². The Morgan fingerprint density at radius 1 is 1.32 bits per heavy atom. The maximum Gasteiger partial charge on any atom is 0.407 e. The summed E-state index contributed by atoms with van der Waals surface area (Å²) < 4.78 is 5.12. The number of nitrogens with one attached hydrogen (secondary N) is 1. The Morgan fingerprint density at radius 3 is 3.00 bits per heavy atom. The fraction of sp³-hybridized carbons (Fsp3) is 0.611. The van der Waals surface area contributed by atoms with Crippen LogP contribution in [0.4, 0.5) is 4.79 Å². The third-order valence-corrected chi connectivity index (χ3v) is 5.75. The minimum atomic E-state index is -0.263. The summed E-state index contributed by atoms with van der Waals surface area (Å²) in [4.78, 5) is 11.3. The predicted molar refractivity (Wildman–Crippen MR) is 82.8 cm³/mol. The van der Waals surface area contributed by atoms with Crippen molar-refractivity contribution in [3.05, 3.63) is 34.9 Å². The van der Waals surface area contributed by atoms with Crippen molar-refractivity contribution >= 4 is 6.09 Å². The van der Waals surface area contributed by atoms with Crippen molar-refractivity contribution in [1.29, 1.82) is 0 Å². The Kier molecular flexibility index (Phi) is 3.37. The lowest BCUT2D eigenvalue weighted by atomic mass is 9.82. The van der Waals surface area contributed by atoms with Gasteiger partial charge in [0.1, 0.15) is 6.61 Å². The summed E-state index contributed by atoms with van der Waals surface area (Å²) >= 11 is 0. The van der Waals surface area contributed by atoms with E-state index in [9.17, 15) is 9.90 Å². The van der Waals surface area contributed by atoms with Crippen LogP contribution in [0, 0.1) is 5.92 Å². The lowest BCUT2D eigenvalue weighted by molar-refractivity contribution is 0.172. The second kappa shape index (κ2) is 5.27. The van der Waals surface area contributed by atoms with Gasteiger partial charge in [0, 0.05) is 6.61 Å². The summed E-state index contributed by atoms with van der Waals surface area (Å²) in [7, 11) is 0. The molecule has 4 rings (SSSR count). The van der Waals surface area contributed by atoms with E-state index in [1.807, 2.05) is 0 Å². The first-order chi connectivity index (χ1) is 10.7. The average molecular weight is 301 g/mol. The van der Waals surface area contributed by atoms with Crippen molar-refractivity contribution in [2.75, 3.05) is 13.2 Å². The van der Waals surface area contributed by atoms with Crippen LogP contribution in [0.15, 0.2) is 18.2 Å². The van der Waals surface area contributed by atoms with Gasteiger partial charge in [0.2, 0.25) is 0 Å². The predicted octanol–water partition coefficient (Wildman–Crippen LogP) is 2.53. The second-order valence-corrected chi connectivity index (χ2v) is 7.24. The molecule has 1 amide bonds. The van der Waals surface area contributed by atoms with E-state index in [4.69, 9.17) is 4.74 Å². The lowest BCUT2D eigenvalue weighted by Crippen LogP contribution is -2.40. The SMILES string of the molecule is O=C1N[C@@]2(CC[C@H](c3ccc4c(c3)CCC(CO)C4)C2)CO1. The van der Waals surface area contributed by atoms with Gasteiger partial charge in [-0.05, 0) is 67.1 Å². The number of amides is 1. The molecule has 0 bridgehead atoms. The largest absolute Gasteiger partial charge is 0.447 e. The van der Waals surface area contributed by atoms with Gasteiger partial charge < -0.3 is 15.2 Å². The molecule has 0 radical (unpaired) electrons. The molecule has 3 aliphatic rings. The zero-order chi connectivity index (χ0) is 15.2. The van der Waals surface area contributed by atoms with E-state index in [1.54, 1.807) is 0 Å². The molecule has 4 nitrogen and oxygen atoms in total. The van der Waals surface area contributed by atoms with E-state index in [-0.39, 0.29) is 11.6 Å². The highest BCUT2D eigenvalue weighted by atomic mass is 16.6. The molecule has 3 atom stereocenters. The molecule has 4 heteroatoms. The number of aliphatic hydroxyl groups excluding tert-OH is 1. The van der Waals surface area contributed by atoms with Gasteiger partial charge in [0.15, 0.2) is 0 Å². The standard InChI is InChI=1S/C18H23NO3/c20-10-12-1-2-14-8-15(4-3-13(14)7-12)16-5-6-18(9-16)11-22-17(21)19-18/h3-4,8,12,16,20H,1-2,5-7,9-11H2,(H,19,21)/t12?,16-,18+/m0/s1. The molecular weight excluding hydrogens is 278 g/mol. The lowest BCUT2D eigenvalue weighted by Gasteiger charge is -2.25. The zero-order valence-electron chi connectivity index (χ0n) is 12.8. The Bertz CT molecular complexity index is 600. The van der Waals surface area contributed by atoms with Crippen LogP contribution in [0.2, 0.25) is 0 Å². The highest BCUT2D eigenvalue weighted by Gasteiger charge is 2.46. The summed E-state index contributed by atoms with van der Waals surface area (Å²) in [6.45, 7) is 0.817. The van der Waals surface area contributed by atoms with Gasteiger partial charge in [-0.3, -0.25) is 0 Å². The summed E-state index contributed by atoms with van der Waals surface area (Å²) in [5.74, 6) is 0.946. The van der Waals surface area contributed by atoms with E-state index in [2.05, 4.69) is 23.5 Å². The number of aliphatic hydroxyl groups is 1. The Hall–Kier alpha value is -1.55. The number of carbonyl (C=O) groups excluding carboxylic acids is 1. The van der Waals surface area contributed by atoms with Crippen molar-refractivity contribution in [2.24, 2.45) is 5.92 Å². The van der Waals surface area contributed by atoms with Gasteiger partial charge in [-0.2, -0.15) is 0 Å². The number of cyclic esters (lactones) is 1. The first-order valence-corrected chi connectivity index (χ1v) is 8.35. The van der Waals surface area contributed by atoms with E-state index in [0.717, 1.165) is 38.5 Å². The van der Waals surface area contributed by atoms with E-state index in [1.165, 1.54) is 16.7 Å². The van der Waals surface area contributed by atoms with Crippen molar-refractivity contribution in [3.8, 4) is 0 Å². The number of aryl methyl sites for hydroxylation is 1. The van der Waals surface area contributed by atoms with Crippen LogP contribution in [-0.4, -0.2) is 30.0 Å². The van der Waals surface area contributed by atoms with Gasteiger partial charge >= 0.3 is 6.09 Å². The van der Waals surface area contributed by atoms with E-state index < -0.39 is 0 Å². The molecule has 1 unspecified atom stereocenters. The molecule has 2 aliphatic carbocycles. The smallest absolute Gasteiger partial charge is 0.407 e. The van der Waals surface area contributed by atoms with Crippen LogP contribution in [0.1, 0.15) is 48.3 Å². The number of alkyl carbamates (subject to hydrolysis) is 1. The Morgan fingerprint density at radius 2 is 2.23 bits per heavy atom. The molecule has 118 valence electrons. The summed E-state index contributed by atoms with van der Waals surface area (Å²) in [6.07, 6.45) is 6.01. The normalized spacial score (nSPS) is 33.6. The van der Waals surface area contributed by atoms with Crippen LogP contribution in [0.25, 0.3) is 0 Å². The minimum Gasteiger partial charge on any atom is -0.447 e. The van der Waals surface area contributed by atoms with Crippen LogP contribution >= 0.6 is 0 Å². The fourth-order valence-corrected chi connectivity index (χ4v) is 4.41. The molecule has 0 aromatic heterocycles. The first-order valence-electron chi connectivity index (χ1n) is 8.35. The maximum atomic E-state index is 11.3. The third kappa shape index (κ3) is 2.39. The van der Waals surface area contributed by atoms with Crippen LogP contribution in [0.5, 0.6) is 0 Å². The molecule has 1 aromatic rings. The molecule has 1 aromatic carbocycles. The summed E-state index contributed by atoms with van der Waals surface area (Å²) in [5, 5.41) is 12.4. The number of carbonyl (C=O) groups is 1. The molecule has 1 aliphatic heterocycles. The fourth-order valence-electron chi connectivity index (χ4n) is 4.41. The quantitative estimate of drug-likeness (QED) is 0.882. The number of fused-ring (bicyclic) bond motifs is 1. The van der Waals surface area contributed by atoms with Gasteiger partial charge in [-0.25, -0.2) is 4.79 Å². The molecule has 1 saturated carbocycles. The van der Waals surface area contributed by atoms with Crippen molar-refractivity contribution in [1.82, 2.24) is 5.32 Å². The number of hydrogen-bond acceptors (Lipinski definition) is 3. The minimum absolute atomic E-state index is 0.125. The molecule has 1 spiro atoms. The topological polar surface area (TPSA) is 58.6 Å². The van der Waals surface area contributed by atoms with Crippen molar-refractivity contribution in [2.45, 2.75) is 50.0 Å². The third-order valence-electron chi connectivity index (χ3n) is 5.75. The molecule has 2 fully saturated rings. The first kappa shape index (κ1) is 14.1. The average Bonchev–Trinajstić information content (AvgIpc) is 3.13.